The molecule has 2 rings (SSSR count). The molecule has 1 aliphatic heterocycles. The average molecular weight is 270 g/mol. The zero-order valence-corrected chi connectivity index (χ0v) is 10.9. The first-order chi connectivity index (χ1) is 8.69. The summed E-state index contributed by atoms with van der Waals surface area (Å²) in [5.74, 6) is 0.683. The smallest absolute Gasteiger partial charge is 0.282 e. The van der Waals surface area contributed by atoms with Crippen LogP contribution in [0.3, 0.4) is 0 Å². The van der Waals surface area contributed by atoms with Crippen LogP contribution in [0.5, 0.6) is 5.75 Å². The van der Waals surface area contributed by atoms with Gasteiger partial charge in [0.1, 0.15) is 18.4 Å². The summed E-state index contributed by atoms with van der Waals surface area (Å²) >= 11 is 5.96. The molecule has 0 saturated carbocycles. The Balaban J connectivity index is 1.83. The lowest BCUT2D eigenvalue weighted by Crippen LogP contribution is -2.26. The molecule has 18 heavy (non-hydrogen) atoms. The van der Waals surface area contributed by atoms with Crippen molar-refractivity contribution in [2.45, 2.75) is 12.6 Å². The largest absolute Gasteiger partial charge is 0.495 e. The van der Waals surface area contributed by atoms with Crippen LogP contribution in [-0.4, -0.2) is 32.3 Å². The van der Waals surface area contributed by atoms with Crippen molar-refractivity contribution in [1.29, 1.82) is 0 Å². The van der Waals surface area contributed by atoms with Crippen molar-refractivity contribution in [3.63, 3.8) is 0 Å². The van der Waals surface area contributed by atoms with Crippen molar-refractivity contribution in [3.05, 3.63) is 28.8 Å². The molecule has 98 valence electrons. The van der Waals surface area contributed by atoms with E-state index in [-0.39, 0.29) is 12.1 Å². The van der Waals surface area contributed by atoms with Crippen molar-refractivity contribution in [3.8, 4) is 5.75 Å². The van der Waals surface area contributed by atoms with Gasteiger partial charge in [0.25, 0.3) is 6.02 Å². The lowest BCUT2D eigenvalue weighted by molar-refractivity contribution is 0.309. The molecule has 1 atom stereocenters. The minimum absolute atomic E-state index is 0.0965. The highest BCUT2D eigenvalue weighted by Crippen LogP contribution is 2.24. The fraction of sp³-hybridized carbons (Fsp3) is 0.417. The van der Waals surface area contributed by atoms with E-state index in [1.54, 1.807) is 7.11 Å². The van der Waals surface area contributed by atoms with Crippen LogP contribution in [0.25, 0.3) is 0 Å². The second-order valence-electron chi connectivity index (χ2n) is 4.03. The topological polar surface area (TPSA) is 68.9 Å². The molecule has 1 aromatic rings. The number of nitrogens with one attached hydrogen (secondary N) is 1. The first-order valence-corrected chi connectivity index (χ1v) is 6.06. The molecule has 0 saturated heterocycles. The molecule has 0 radical (unpaired) electrons. The Morgan fingerprint density at radius 3 is 3.11 bits per heavy atom. The number of methoxy groups -OCH3 is 1. The van der Waals surface area contributed by atoms with Crippen LogP contribution in [0.2, 0.25) is 5.02 Å². The maximum absolute atomic E-state index is 5.96. The van der Waals surface area contributed by atoms with Crippen LogP contribution in [0.4, 0.5) is 0 Å². The summed E-state index contributed by atoms with van der Waals surface area (Å²) < 4.78 is 10.2. The molecule has 1 heterocycles. The molecule has 1 aliphatic rings. The molecule has 0 fully saturated rings. The minimum Gasteiger partial charge on any atom is -0.495 e. The van der Waals surface area contributed by atoms with Gasteiger partial charge in [0.2, 0.25) is 0 Å². The second kappa shape index (κ2) is 5.93. The van der Waals surface area contributed by atoms with Gasteiger partial charge in [-0.05, 0) is 17.7 Å². The van der Waals surface area contributed by atoms with Gasteiger partial charge in [0, 0.05) is 13.1 Å². The molecule has 0 aromatic heterocycles. The number of benzene rings is 1. The zero-order valence-electron chi connectivity index (χ0n) is 10.1. The molecule has 5 nitrogen and oxygen atoms in total. The van der Waals surface area contributed by atoms with Gasteiger partial charge in [-0.3, -0.25) is 0 Å². The lowest BCUT2D eigenvalue weighted by atomic mass is 10.2. The minimum atomic E-state index is 0.0965. The Labute approximate surface area is 111 Å². The molecule has 0 aliphatic carbocycles. The zero-order chi connectivity index (χ0) is 13.0. The maximum atomic E-state index is 5.96. The molecule has 3 N–H and O–H groups in total. The first-order valence-electron chi connectivity index (χ1n) is 5.68. The summed E-state index contributed by atoms with van der Waals surface area (Å²) in [6.45, 7) is 1.99. The second-order valence-corrected chi connectivity index (χ2v) is 4.44. The molecule has 0 spiro atoms. The summed E-state index contributed by atoms with van der Waals surface area (Å²) in [6.07, 6.45) is 0. The Hall–Kier alpha value is -1.46. The number of amidine groups is 1. The van der Waals surface area contributed by atoms with Crippen LogP contribution < -0.4 is 15.8 Å². The van der Waals surface area contributed by atoms with E-state index in [4.69, 9.17) is 26.8 Å². The van der Waals surface area contributed by atoms with E-state index < -0.39 is 0 Å². The summed E-state index contributed by atoms with van der Waals surface area (Å²) in [5, 5.41) is 3.91. The van der Waals surface area contributed by atoms with Gasteiger partial charge in [-0.25, -0.2) is 4.99 Å². The fourth-order valence-electron chi connectivity index (χ4n) is 1.74. The predicted octanol–water partition coefficient (Wildman–Crippen LogP) is 1.15. The first kappa shape index (κ1) is 13.0. The van der Waals surface area contributed by atoms with Crippen LogP contribution in [0.1, 0.15) is 5.56 Å². The summed E-state index contributed by atoms with van der Waals surface area (Å²) in [5.41, 5.74) is 6.54. The fourth-order valence-corrected chi connectivity index (χ4v) is 1.93. The number of halogens is 1. The van der Waals surface area contributed by atoms with E-state index in [0.717, 1.165) is 18.7 Å². The number of nitrogens with two attached hydrogens (primary N) is 1. The Bertz CT molecular complexity index is 451. The van der Waals surface area contributed by atoms with Crippen LogP contribution in [0, 0.1) is 0 Å². The van der Waals surface area contributed by atoms with E-state index in [1.807, 2.05) is 18.2 Å². The maximum Gasteiger partial charge on any atom is 0.282 e. The van der Waals surface area contributed by atoms with Crippen LogP contribution in [0.15, 0.2) is 23.2 Å². The van der Waals surface area contributed by atoms with E-state index in [1.165, 1.54) is 0 Å². The SMILES string of the molecule is COc1cc(CNC[C@H]2COC(N)=N2)ccc1Cl. The predicted molar refractivity (Wildman–Crippen MR) is 71.1 cm³/mol. The Morgan fingerprint density at radius 2 is 2.44 bits per heavy atom. The molecule has 1 aromatic carbocycles. The van der Waals surface area contributed by atoms with Crippen molar-refractivity contribution < 1.29 is 9.47 Å². The van der Waals surface area contributed by atoms with Gasteiger partial charge in [0.15, 0.2) is 0 Å². The molecule has 0 bridgehead atoms. The molecule has 0 unspecified atom stereocenters. The number of hydrogen-bond acceptors (Lipinski definition) is 5. The van der Waals surface area contributed by atoms with Crippen LogP contribution >= 0.6 is 11.6 Å². The van der Waals surface area contributed by atoms with Gasteiger partial charge in [0.05, 0.1) is 12.1 Å². The van der Waals surface area contributed by atoms with Crippen molar-refractivity contribution in [1.82, 2.24) is 5.32 Å². The van der Waals surface area contributed by atoms with E-state index >= 15 is 0 Å². The highest BCUT2D eigenvalue weighted by molar-refractivity contribution is 6.32. The van der Waals surface area contributed by atoms with Gasteiger partial charge >= 0.3 is 0 Å². The van der Waals surface area contributed by atoms with E-state index in [9.17, 15) is 0 Å². The summed E-state index contributed by atoms with van der Waals surface area (Å²) in [4.78, 5) is 4.13. The molecule has 0 amide bonds. The lowest BCUT2D eigenvalue weighted by Gasteiger charge is -2.09. The Kier molecular flexibility index (Phi) is 4.28. The van der Waals surface area contributed by atoms with Crippen molar-refractivity contribution in [2.24, 2.45) is 10.7 Å². The van der Waals surface area contributed by atoms with Crippen molar-refractivity contribution >= 4 is 17.6 Å². The van der Waals surface area contributed by atoms with E-state index in [2.05, 4.69) is 10.3 Å². The number of nitrogens with zero attached hydrogens (tertiary/aromatic N) is 1. The Morgan fingerprint density at radius 1 is 1.61 bits per heavy atom. The van der Waals surface area contributed by atoms with Gasteiger partial charge in [-0.2, -0.15) is 0 Å². The quantitative estimate of drug-likeness (QED) is 0.841. The number of hydrogen-bond donors (Lipinski definition) is 2. The summed E-state index contributed by atoms with van der Waals surface area (Å²) in [6, 6.07) is 6.07. The van der Waals surface area contributed by atoms with Gasteiger partial charge in [-0.1, -0.05) is 17.7 Å². The number of ether oxygens (including phenoxy) is 2. The van der Waals surface area contributed by atoms with Crippen LogP contribution in [-0.2, 0) is 11.3 Å². The molecular weight excluding hydrogens is 254 g/mol. The molecular formula is C12H16ClN3O2. The normalized spacial score (nSPS) is 18.3. The standard InChI is InChI=1S/C12H16ClN3O2/c1-17-11-4-8(2-3-10(11)13)5-15-6-9-7-18-12(14)16-9/h2-4,9,15H,5-7H2,1H3,(H2,14,16)/t9-/m0/s1. The highest BCUT2D eigenvalue weighted by atomic mass is 35.5. The summed E-state index contributed by atoms with van der Waals surface area (Å²) in [7, 11) is 1.60. The third-order valence-corrected chi connectivity index (χ3v) is 2.97. The monoisotopic (exact) mass is 269 g/mol. The van der Waals surface area contributed by atoms with Crippen molar-refractivity contribution in [2.75, 3.05) is 20.3 Å². The number of aliphatic imine (C=N–C) groups is 1. The third kappa shape index (κ3) is 3.27. The highest BCUT2D eigenvalue weighted by Gasteiger charge is 2.15. The average Bonchev–Trinajstić information content (AvgIpc) is 2.77. The van der Waals surface area contributed by atoms with E-state index in [0.29, 0.717) is 17.4 Å². The third-order valence-electron chi connectivity index (χ3n) is 2.66. The number of rotatable bonds is 5. The molecule has 6 heteroatoms. The van der Waals surface area contributed by atoms with Gasteiger partial charge < -0.3 is 20.5 Å². The van der Waals surface area contributed by atoms with Gasteiger partial charge in [-0.15, -0.1) is 0 Å².